The van der Waals surface area contributed by atoms with Crippen molar-refractivity contribution in [3.8, 4) is 11.3 Å². The number of hydrogen-bond acceptors (Lipinski definition) is 4. The third-order valence-corrected chi connectivity index (χ3v) is 3.86. The maximum Gasteiger partial charge on any atom is 0.134 e. The number of rotatable bonds is 3. The van der Waals surface area contributed by atoms with Crippen LogP contribution in [-0.2, 0) is 5.41 Å². The van der Waals surface area contributed by atoms with Crippen LogP contribution < -0.4 is 5.32 Å². The Kier molecular flexibility index (Phi) is 4.49. The second-order valence-electron chi connectivity index (χ2n) is 6.99. The Bertz CT molecular complexity index is 886. The lowest BCUT2D eigenvalue weighted by Gasteiger charge is -2.20. The summed E-state index contributed by atoms with van der Waals surface area (Å²) in [6.45, 7) is 7.81. The van der Waals surface area contributed by atoms with Crippen molar-refractivity contribution < 1.29 is 4.39 Å². The predicted octanol–water partition coefficient (Wildman–Crippen LogP) is 5.03. The van der Waals surface area contributed by atoms with Gasteiger partial charge in [-0.25, -0.2) is 14.4 Å². The van der Waals surface area contributed by atoms with Gasteiger partial charge in [0.25, 0.3) is 0 Å². The molecular weight excluding hydrogens is 315 g/mol. The van der Waals surface area contributed by atoms with Crippen molar-refractivity contribution in [3.63, 3.8) is 0 Å². The molecule has 0 aliphatic rings. The van der Waals surface area contributed by atoms with Gasteiger partial charge in [0, 0.05) is 29.7 Å². The van der Waals surface area contributed by atoms with Crippen LogP contribution in [0.4, 0.5) is 15.9 Å². The monoisotopic (exact) mass is 336 g/mol. The summed E-state index contributed by atoms with van der Waals surface area (Å²) in [5.74, 6) is 1.04. The first-order valence-electron chi connectivity index (χ1n) is 8.16. The minimum atomic E-state index is -0.233. The van der Waals surface area contributed by atoms with Gasteiger partial charge in [0.2, 0.25) is 0 Å². The molecule has 3 aromatic rings. The number of nitrogens with zero attached hydrogens (tertiary/aromatic N) is 3. The highest BCUT2D eigenvalue weighted by atomic mass is 19.1. The number of aromatic nitrogens is 3. The lowest BCUT2D eigenvalue weighted by atomic mass is 9.86. The van der Waals surface area contributed by atoms with Gasteiger partial charge < -0.3 is 5.32 Å². The summed E-state index contributed by atoms with van der Waals surface area (Å²) in [6.07, 6.45) is 3.45. The van der Waals surface area contributed by atoms with Crippen LogP contribution in [0, 0.1) is 12.7 Å². The number of nitrogens with one attached hydrogen (secondary N) is 1. The van der Waals surface area contributed by atoms with Crippen LogP contribution in [0.3, 0.4) is 0 Å². The SMILES string of the molecule is Cc1nc(Nc2ccc(C(C)(C)C)c(F)c2)cc(-c2ccncc2)n1. The van der Waals surface area contributed by atoms with Gasteiger partial charge in [-0.05, 0) is 42.2 Å². The number of hydrogen-bond donors (Lipinski definition) is 1. The summed E-state index contributed by atoms with van der Waals surface area (Å²) in [5.41, 5.74) is 2.86. The van der Waals surface area contributed by atoms with Crippen LogP contribution in [0.2, 0.25) is 0 Å². The molecule has 0 spiro atoms. The molecule has 0 saturated heterocycles. The molecule has 0 fully saturated rings. The molecule has 128 valence electrons. The van der Waals surface area contributed by atoms with E-state index in [0.29, 0.717) is 22.9 Å². The third-order valence-electron chi connectivity index (χ3n) is 3.86. The fourth-order valence-corrected chi connectivity index (χ4v) is 2.65. The fourth-order valence-electron chi connectivity index (χ4n) is 2.65. The first kappa shape index (κ1) is 17.0. The molecule has 0 saturated carbocycles. The Morgan fingerprint density at radius 1 is 0.960 bits per heavy atom. The van der Waals surface area contributed by atoms with E-state index in [9.17, 15) is 4.39 Å². The van der Waals surface area contributed by atoms with Gasteiger partial charge in [-0.3, -0.25) is 4.98 Å². The molecule has 0 atom stereocenters. The highest BCUT2D eigenvalue weighted by molar-refractivity contribution is 5.65. The van der Waals surface area contributed by atoms with Gasteiger partial charge in [-0.2, -0.15) is 0 Å². The van der Waals surface area contributed by atoms with E-state index in [0.717, 1.165) is 11.3 Å². The van der Waals surface area contributed by atoms with Crippen LogP contribution >= 0.6 is 0 Å². The number of aryl methyl sites for hydroxylation is 1. The molecule has 25 heavy (non-hydrogen) atoms. The lowest BCUT2D eigenvalue weighted by Crippen LogP contribution is -2.13. The zero-order valence-corrected chi connectivity index (χ0v) is 14.8. The Hall–Kier alpha value is -2.82. The highest BCUT2D eigenvalue weighted by Crippen LogP contribution is 2.28. The highest BCUT2D eigenvalue weighted by Gasteiger charge is 2.18. The molecular formula is C20H21FN4. The minimum Gasteiger partial charge on any atom is -0.340 e. The summed E-state index contributed by atoms with van der Waals surface area (Å²) in [7, 11) is 0. The topological polar surface area (TPSA) is 50.7 Å². The van der Waals surface area contributed by atoms with Gasteiger partial charge in [0.15, 0.2) is 0 Å². The molecule has 1 aromatic carbocycles. The van der Waals surface area contributed by atoms with E-state index in [-0.39, 0.29) is 11.2 Å². The van der Waals surface area contributed by atoms with Crippen molar-refractivity contribution in [1.29, 1.82) is 0 Å². The van der Waals surface area contributed by atoms with Gasteiger partial charge >= 0.3 is 0 Å². The molecule has 5 heteroatoms. The largest absolute Gasteiger partial charge is 0.340 e. The fraction of sp³-hybridized carbons (Fsp3) is 0.250. The summed E-state index contributed by atoms with van der Waals surface area (Å²) >= 11 is 0. The van der Waals surface area contributed by atoms with Gasteiger partial charge in [0.1, 0.15) is 17.5 Å². The summed E-state index contributed by atoms with van der Waals surface area (Å²) in [5, 5.41) is 3.17. The van der Waals surface area contributed by atoms with Crippen LogP contribution in [-0.4, -0.2) is 15.0 Å². The van der Waals surface area contributed by atoms with E-state index >= 15 is 0 Å². The molecule has 2 aromatic heterocycles. The smallest absolute Gasteiger partial charge is 0.134 e. The van der Waals surface area contributed by atoms with Crippen molar-refractivity contribution in [2.24, 2.45) is 0 Å². The first-order valence-corrected chi connectivity index (χ1v) is 8.16. The second kappa shape index (κ2) is 6.59. The predicted molar refractivity (Wildman–Crippen MR) is 98.4 cm³/mol. The summed E-state index contributed by atoms with van der Waals surface area (Å²) < 4.78 is 14.4. The number of benzene rings is 1. The van der Waals surface area contributed by atoms with Crippen LogP contribution in [0.15, 0.2) is 48.8 Å². The van der Waals surface area contributed by atoms with E-state index in [4.69, 9.17) is 0 Å². The number of anilines is 2. The Labute approximate surface area is 147 Å². The normalized spacial score (nSPS) is 11.4. The standard InChI is InChI=1S/C20H21FN4/c1-13-23-18(14-7-9-22-10-8-14)12-19(24-13)25-15-5-6-16(17(21)11-15)20(2,3)4/h5-12H,1-4H3,(H,23,24,25). The van der Waals surface area contributed by atoms with E-state index in [2.05, 4.69) is 20.3 Å². The first-order chi connectivity index (χ1) is 11.8. The molecule has 0 unspecified atom stereocenters. The molecule has 0 bridgehead atoms. The minimum absolute atomic E-state index is 0.224. The molecule has 4 nitrogen and oxygen atoms in total. The maximum atomic E-state index is 14.4. The second-order valence-corrected chi connectivity index (χ2v) is 6.99. The quantitative estimate of drug-likeness (QED) is 0.729. The summed E-state index contributed by atoms with van der Waals surface area (Å²) in [4.78, 5) is 12.9. The lowest BCUT2D eigenvalue weighted by molar-refractivity contribution is 0.523. The van der Waals surface area contributed by atoms with Gasteiger partial charge in [-0.1, -0.05) is 26.8 Å². The zero-order chi connectivity index (χ0) is 18.0. The molecule has 3 rings (SSSR count). The van der Waals surface area contributed by atoms with Gasteiger partial charge in [0.05, 0.1) is 5.69 Å². The maximum absolute atomic E-state index is 14.4. The average Bonchev–Trinajstić information content (AvgIpc) is 2.54. The number of pyridine rings is 1. The Morgan fingerprint density at radius 2 is 1.68 bits per heavy atom. The Morgan fingerprint density at radius 3 is 2.32 bits per heavy atom. The average molecular weight is 336 g/mol. The molecule has 0 radical (unpaired) electrons. The van der Waals surface area contributed by atoms with E-state index in [1.807, 2.05) is 58.0 Å². The van der Waals surface area contributed by atoms with Crippen molar-refractivity contribution in [3.05, 3.63) is 66.0 Å². The van der Waals surface area contributed by atoms with Crippen molar-refractivity contribution in [2.75, 3.05) is 5.32 Å². The van der Waals surface area contributed by atoms with Crippen molar-refractivity contribution >= 4 is 11.5 Å². The Balaban J connectivity index is 1.91. The zero-order valence-electron chi connectivity index (χ0n) is 14.8. The van der Waals surface area contributed by atoms with Crippen LogP contribution in [0.5, 0.6) is 0 Å². The van der Waals surface area contributed by atoms with Gasteiger partial charge in [-0.15, -0.1) is 0 Å². The van der Waals surface area contributed by atoms with Crippen molar-refractivity contribution in [2.45, 2.75) is 33.1 Å². The van der Waals surface area contributed by atoms with E-state index in [1.165, 1.54) is 6.07 Å². The molecule has 1 N–H and O–H groups in total. The molecule has 0 aliphatic heterocycles. The third kappa shape index (κ3) is 3.99. The summed E-state index contributed by atoms with van der Waals surface area (Å²) in [6, 6.07) is 10.8. The molecule has 0 aliphatic carbocycles. The van der Waals surface area contributed by atoms with Crippen molar-refractivity contribution in [1.82, 2.24) is 15.0 Å². The van der Waals surface area contributed by atoms with Crippen LogP contribution in [0.1, 0.15) is 32.2 Å². The van der Waals surface area contributed by atoms with Crippen LogP contribution in [0.25, 0.3) is 11.3 Å². The van der Waals surface area contributed by atoms with E-state index in [1.54, 1.807) is 12.4 Å². The number of halogens is 1. The molecule has 2 heterocycles. The van der Waals surface area contributed by atoms with E-state index < -0.39 is 0 Å². The molecule has 0 amide bonds.